The minimum absolute atomic E-state index is 0. The lowest BCUT2D eigenvalue weighted by Crippen LogP contribution is -2.46. The van der Waals surface area contributed by atoms with Crippen LogP contribution < -0.4 is 11.1 Å². The van der Waals surface area contributed by atoms with Gasteiger partial charge in [0.25, 0.3) is 0 Å². The molecule has 1 aliphatic rings. The zero-order valence-corrected chi connectivity index (χ0v) is 12.8. The predicted molar refractivity (Wildman–Crippen MR) is 79.9 cm³/mol. The van der Waals surface area contributed by atoms with Gasteiger partial charge in [0, 0.05) is 31.6 Å². The number of hydrogen-bond donors (Lipinski definition) is 2. The van der Waals surface area contributed by atoms with E-state index in [0.717, 1.165) is 26.1 Å². The molecule has 6 nitrogen and oxygen atoms in total. The summed E-state index contributed by atoms with van der Waals surface area (Å²) in [5, 5.41) is 6.46. The van der Waals surface area contributed by atoms with E-state index in [1.165, 1.54) is 0 Å². The minimum Gasteiger partial charge on any atom is -0.360 e. The number of nitrogens with two attached hydrogens (primary N) is 1. The van der Waals surface area contributed by atoms with Crippen molar-refractivity contribution in [1.82, 2.24) is 10.1 Å². The Labute approximate surface area is 125 Å². The number of piperidine rings is 1. The average molecular weight is 303 g/mol. The molecular weight excluding hydrogens is 280 g/mol. The van der Waals surface area contributed by atoms with Gasteiger partial charge in [-0.3, -0.25) is 4.79 Å². The van der Waals surface area contributed by atoms with Crippen LogP contribution in [0.3, 0.4) is 0 Å². The van der Waals surface area contributed by atoms with Crippen LogP contribution in [0.4, 0.5) is 5.82 Å². The number of rotatable bonds is 4. The van der Waals surface area contributed by atoms with Gasteiger partial charge >= 0.3 is 0 Å². The number of aromatic nitrogens is 1. The molecule has 1 aliphatic heterocycles. The van der Waals surface area contributed by atoms with Crippen LogP contribution in [0.1, 0.15) is 25.5 Å². The number of nitrogens with zero attached hydrogens (tertiary/aromatic N) is 2. The average Bonchev–Trinajstić information content (AvgIpc) is 2.76. The maximum atomic E-state index is 11.8. The number of amides is 1. The van der Waals surface area contributed by atoms with Gasteiger partial charge in [0.15, 0.2) is 5.82 Å². The molecule has 20 heavy (non-hydrogen) atoms. The zero-order chi connectivity index (χ0) is 13.8. The van der Waals surface area contributed by atoms with E-state index in [4.69, 9.17) is 10.3 Å². The molecule has 1 aromatic rings. The smallest absolute Gasteiger partial charge is 0.226 e. The Morgan fingerprint density at radius 3 is 3.00 bits per heavy atom. The third-order valence-corrected chi connectivity index (χ3v) is 3.61. The molecule has 1 fully saturated rings. The third kappa shape index (κ3) is 4.77. The van der Waals surface area contributed by atoms with Gasteiger partial charge in [-0.25, -0.2) is 0 Å². The normalized spacial score (nSPS) is 23.1. The molecule has 1 amide bonds. The number of carbonyl (C=O) groups is 1. The lowest BCUT2D eigenvalue weighted by molar-refractivity contribution is -0.116. The number of nitrogens with one attached hydrogen (secondary N) is 1. The molecule has 1 saturated heterocycles. The third-order valence-electron chi connectivity index (χ3n) is 3.61. The van der Waals surface area contributed by atoms with Crippen LogP contribution in [-0.4, -0.2) is 41.6 Å². The van der Waals surface area contributed by atoms with E-state index in [1.54, 1.807) is 13.0 Å². The lowest BCUT2D eigenvalue weighted by Gasteiger charge is -2.34. The van der Waals surface area contributed by atoms with Crippen LogP contribution in [0, 0.1) is 12.8 Å². The first-order valence-corrected chi connectivity index (χ1v) is 6.75. The summed E-state index contributed by atoms with van der Waals surface area (Å²) in [6, 6.07) is 2.00. The van der Waals surface area contributed by atoms with E-state index in [1.807, 2.05) is 0 Å². The maximum absolute atomic E-state index is 11.8. The van der Waals surface area contributed by atoms with E-state index in [-0.39, 0.29) is 18.3 Å². The molecular formula is C13H23ClN4O2. The van der Waals surface area contributed by atoms with E-state index in [2.05, 4.69) is 22.3 Å². The van der Waals surface area contributed by atoms with Gasteiger partial charge in [0.05, 0.1) is 0 Å². The highest BCUT2D eigenvalue weighted by molar-refractivity contribution is 5.89. The minimum atomic E-state index is -0.0316. The topological polar surface area (TPSA) is 84.4 Å². The Morgan fingerprint density at radius 2 is 2.40 bits per heavy atom. The van der Waals surface area contributed by atoms with Crippen molar-refractivity contribution in [2.75, 3.05) is 25.0 Å². The van der Waals surface area contributed by atoms with Crippen molar-refractivity contribution < 1.29 is 9.32 Å². The quantitative estimate of drug-likeness (QED) is 0.878. The summed E-state index contributed by atoms with van der Waals surface area (Å²) < 4.78 is 4.90. The Hall–Kier alpha value is -1.11. The Balaban J connectivity index is 0.00000200. The second kappa shape index (κ2) is 7.61. The Kier molecular flexibility index (Phi) is 6.45. The highest BCUT2D eigenvalue weighted by Gasteiger charge is 2.23. The molecule has 0 radical (unpaired) electrons. The van der Waals surface area contributed by atoms with Crippen molar-refractivity contribution >= 4 is 24.1 Å². The molecule has 2 rings (SSSR count). The highest BCUT2D eigenvalue weighted by Crippen LogP contribution is 2.15. The van der Waals surface area contributed by atoms with Crippen molar-refractivity contribution in [2.45, 2.75) is 32.7 Å². The molecule has 0 saturated carbocycles. The number of halogens is 1. The Morgan fingerprint density at radius 1 is 1.65 bits per heavy atom. The lowest BCUT2D eigenvalue weighted by atomic mass is 9.95. The summed E-state index contributed by atoms with van der Waals surface area (Å²) in [5.74, 6) is 1.64. The van der Waals surface area contributed by atoms with E-state index >= 15 is 0 Å². The first kappa shape index (κ1) is 16.9. The maximum Gasteiger partial charge on any atom is 0.226 e. The molecule has 0 aliphatic carbocycles. The number of likely N-dealkylation sites (tertiary alicyclic amines) is 1. The summed E-state index contributed by atoms with van der Waals surface area (Å²) >= 11 is 0. The molecule has 1 aromatic heterocycles. The van der Waals surface area contributed by atoms with Crippen LogP contribution in [0.25, 0.3) is 0 Å². The molecule has 2 heterocycles. The Bertz CT molecular complexity index is 438. The summed E-state index contributed by atoms with van der Waals surface area (Å²) in [7, 11) is 0. The van der Waals surface area contributed by atoms with Crippen LogP contribution >= 0.6 is 12.4 Å². The highest BCUT2D eigenvalue weighted by atomic mass is 35.5. The number of carbonyl (C=O) groups excluding carboxylic acids is 1. The molecule has 0 aromatic carbocycles. The molecule has 2 unspecified atom stereocenters. The summed E-state index contributed by atoms with van der Waals surface area (Å²) in [6.45, 7) is 6.66. The van der Waals surface area contributed by atoms with Crippen LogP contribution in [0.2, 0.25) is 0 Å². The summed E-state index contributed by atoms with van der Waals surface area (Å²) in [6.07, 6.45) is 1.47. The van der Waals surface area contributed by atoms with Crippen molar-refractivity contribution in [1.29, 1.82) is 0 Å². The van der Waals surface area contributed by atoms with Crippen molar-refractivity contribution in [2.24, 2.45) is 11.7 Å². The first-order chi connectivity index (χ1) is 9.04. The van der Waals surface area contributed by atoms with Gasteiger partial charge in [0.2, 0.25) is 5.91 Å². The number of aryl methyl sites for hydroxylation is 1. The van der Waals surface area contributed by atoms with Gasteiger partial charge in [0.1, 0.15) is 5.76 Å². The van der Waals surface area contributed by atoms with Gasteiger partial charge in [-0.2, -0.15) is 0 Å². The summed E-state index contributed by atoms with van der Waals surface area (Å²) in [4.78, 5) is 14.1. The molecule has 0 bridgehead atoms. The van der Waals surface area contributed by atoms with Crippen LogP contribution in [0.15, 0.2) is 10.6 Å². The van der Waals surface area contributed by atoms with E-state index < -0.39 is 0 Å². The molecule has 0 spiro atoms. The molecule has 3 N–H and O–H groups in total. The van der Waals surface area contributed by atoms with Crippen molar-refractivity contribution in [3.05, 3.63) is 11.8 Å². The monoisotopic (exact) mass is 302 g/mol. The van der Waals surface area contributed by atoms with E-state index in [9.17, 15) is 4.79 Å². The van der Waals surface area contributed by atoms with Gasteiger partial charge in [-0.15, -0.1) is 12.4 Å². The predicted octanol–water partition coefficient (Wildman–Crippen LogP) is 1.40. The molecule has 114 valence electrons. The second-order valence-corrected chi connectivity index (χ2v) is 5.35. The first-order valence-electron chi connectivity index (χ1n) is 6.75. The van der Waals surface area contributed by atoms with Crippen molar-refractivity contribution in [3.63, 3.8) is 0 Å². The fraction of sp³-hybridized carbons (Fsp3) is 0.692. The van der Waals surface area contributed by atoms with Crippen LogP contribution in [-0.2, 0) is 4.79 Å². The fourth-order valence-corrected chi connectivity index (χ4v) is 2.34. The second-order valence-electron chi connectivity index (χ2n) is 5.35. The van der Waals surface area contributed by atoms with Gasteiger partial charge < -0.3 is 20.5 Å². The van der Waals surface area contributed by atoms with Gasteiger partial charge in [-0.1, -0.05) is 12.1 Å². The zero-order valence-electron chi connectivity index (χ0n) is 12.0. The number of anilines is 1. The van der Waals surface area contributed by atoms with Crippen molar-refractivity contribution in [3.8, 4) is 0 Å². The molecule has 7 heteroatoms. The van der Waals surface area contributed by atoms with Gasteiger partial charge in [-0.05, 0) is 25.8 Å². The molecule has 2 atom stereocenters. The largest absolute Gasteiger partial charge is 0.360 e. The van der Waals surface area contributed by atoms with E-state index in [0.29, 0.717) is 30.0 Å². The SMILES string of the molecule is Cc1cc(NC(=O)CCN2CCC(N)C(C)C2)no1.Cl. The fourth-order valence-electron chi connectivity index (χ4n) is 2.34. The summed E-state index contributed by atoms with van der Waals surface area (Å²) in [5.41, 5.74) is 5.98. The number of hydrogen-bond acceptors (Lipinski definition) is 5. The van der Waals surface area contributed by atoms with Crippen LogP contribution in [0.5, 0.6) is 0 Å². The standard InChI is InChI=1S/C13H22N4O2.ClH/c1-9-8-17(5-3-11(9)14)6-4-13(18)15-12-7-10(2)19-16-12;/h7,9,11H,3-6,8,14H2,1-2H3,(H,15,16,18);1H.